The molecule has 0 radical (unpaired) electrons. The van der Waals surface area contributed by atoms with Crippen LogP contribution >= 0.6 is 0 Å². The highest BCUT2D eigenvalue weighted by Gasteiger charge is 2.42. The fourth-order valence-corrected chi connectivity index (χ4v) is 2.49. The summed E-state index contributed by atoms with van der Waals surface area (Å²) in [5, 5.41) is 0. The molecule has 2 saturated carbocycles. The van der Waals surface area contributed by atoms with E-state index in [0.717, 1.165) is 23.7 Å². The van der Waals surface area contributed by atoms with Gasteiger partial charge in [-0.05, 0) is 43.4 Å². The number of hydrogen-bond donors (Lipinski definition) is 1. The SMILES string of the molecule is CC(N)C(C)C1CC1CCC1CC1. The van der Waals surface area contributed by atoms with Gasteiger partial charge < -0.3 is 5.73 Å². The zero-order chi connectivity index (χ0) is 9.42. The molecule has 2 aliphatic rings. The Morgan fingerprint density at radius 3 is 2.46 bits per heavy atom. The van der Waals surface area contributed by atoms with Crippen molar-refractivity contribution < 1.29 is 0 Å². The van der Waals surface area contributed by atoms with Crippen molar-refractivity contribution in [3.63, 3.8) is 0 Å². The van der Waals surface area contributed by atoms with Crippen molar-refractivity contribution in [2.24, 2.45) is 29.4 Å². The first kappa shape index (κ1) is 9.51. The Bertz CT molecular complexity index is 172. The number of hydrogen-bond acceptors (Lipinski definition) is 1. The molecule has 4 unspecified atom stereocenters. The van der Waals surface area contributed by atoms with Crippen molar-refractivity contribution in [3.05, 3.63) is 0 Å². The van der Waals surface area contributed by atoms with Gasteiger partial charge in [0.25, 0.3) is 0 Å². The van der Waals surface area contributed by atoms with E-state index in [1.165, 1.54) is 32.1 Å². The molecule has 4 atom stereocenters. The first-order chi connectivity index (χ1) is 6.18. The summed E-state index contributed by atoms with van der Waals surface area (Å²) < 4.78 is 0. The van der Waals surface area contributed by atoms with Crippen LogP contribution in [0.3, 0.4) is 0 Å². The van der Waals surface area contributed by atoms with Crippen LogP contribution in [-0.4, -0.2) is 6.04 Å². The monoisotopic (exact) mass is 181 g/mol. The Kier molecular flexibility index (Phi) is 2.64. The predicted octanol–water partition coefficient (Wildman–Crippen LogP) is 2.80. The topological polar surface area (TPSA) is 26.0 Å². The van der Waals surface area contributed by atoms with Crippen LogP contribution < -0.4 is 5.73 Å². The average molecular weight is 181 g/mol. The lowest BCUT2D eigenvalue weighted by Crippen LogP contribution is -2.26. The summed E-state index contributed by atoms with van der Waals surface area (Å²) in [6, 6.07) is 0.399. The minimum absolute atomic E-state index is 0.399. The Hall–Kier alpha value is -0.0400. The molecule has 2 rings (SSSR count). The zero-order valence-corrected chi connectivity index (χ0v) is 9.00. The second kappa shape index (κ2) is 3.61. The van der Waals surface area contributed by atoms with Crippen LogP contribution in [0.4, 0.5) is 0 Å². The van der Waals surface area contributed by atoms with Crippen molar-refractivity contribution in [2.75, 3.05) is 0 Å². The largest absolute Gasteiger partial charge is 0.328 e. The van der Waals surface area contributed by atoms with Crippen molar-refractivity contribution in [1.29, 1.82) is 0 Å². The first-order valence-electron chi connectivity index (χ1n) is 5.94. The van der Waals surface area contributed by atoms with Crippen molar-refractivity contribution in [3.8, 4) is 0 Å². The molecule has 0 aromatic carbocycles. The van der Waals surface area contributed by atoms with E-state index >= 15 is 0 Å². The molecule has 2 aliphatic carbocycles. The summed E-state index contributed by atoms with van der Waals surface area (Å²) in [6.45, 7) is 4.48. The van der Waals surface area contributed by atoms with E-state index in [1.54, 1.807) is 0 Å². The van der Waals surface area contributed by atoms with Crippen LogP contribution in [0.15, 0.2) is 0 Å². The molecule has 0 aliphatic heterocycles. The van der Waals surface area contributed by atoms with Crippen LogP contribution in [-0.2, 0) is 0 Å². The fraction of sp³-hybridized carbons (Fsp3) is 1.00. The van der Waals surface area contributed by atoms with E-state index in [0.29, 0.717) is 6.04 Å². The van der Waals surface area contributed by atoms with Gasteiger partial charge in [0.1, 0.15) is 0 Å². The average Bonchev–Trinajstić information content (AvgIpc) is 2.95. The highest BCUT2D eigenvalue weighted by molar-refractivity contribution is 4.93. The predicted molar refractivity (Wildman–Crippen MR) is 56.4 cm³/mol. The zero-order valence-electron chi connectivity index (χ0n) is 9.00. The first-order valence-corrected chi connectivity index (χ1v) is 5.94. The van der Waals surface area contributed by atoms with Crippen LogP contribution in [0.1, 0.15) is 46.0 Å². The highest BCUT2D eigenvalue weighted by Crippen LogP contribution is 2.49. The molecule has 0 aromatic rings. The van der Waals surface area contributed by atoms with Crippen LogP contribution in [0, 0.1) is 23.7 Å². The quantitative estimate of drug-likeness (QED) is 0.693. The van der Waals surface area contributed by atoms with E-state index in [-0.39, 0.29) is 0 Å². The standard InChI is InChI=1S/C12H23N/c1-8(9(2)13)12-7-11(12)6-5-10-3-4-10/h8-12H,3-7,13H2,1-2H3. The minimum atomic E-state index is 0.399. The molecular formula is C12H23N. The Labute approximate surface area is 82.1 Å². The van der Waals surface area contributed by atoms with Gasteiger partial charge in [-0.1, -0.05) is 26.2 Å². The van der Waals surface area contributed by atoms with Gasteiger partial charge in [-0.3, -0.25) is 0 Å². The molecule has 0 amide bonds. The van der Waals surface area contributed by atoms with Crippen LogP contribution in [0.25, 0.3) is 0 Å². The highest BCUT2D eigenvalue weighted by atomic mass is 14.7. The van der Waals surface area contributed by atoms with Crippen molar-refractivity contribution >= 4 is 0 Å². The van der Waals surface area contributed by atoms with Gasteiger partial charge in [-0.2, -0.15) is 0 Å². The van der Waals surface area contributed by atoms with Crippen LogP contribution in [0.5, 0.6) is 0 Å². The van der Waals surface area contributed by atoms with Gasteiger partial charge in [0.15, 0.2) is 0 Å². The molecule has 1 heteroatoms. The second-order valence-corrected chi connectivity index (χ2v) is 5.40. The minimum Gasteiger partial charge on any atom is -0.328 e. The van der Waals surface area contributed by atoms with Gasteiger partial charge in [-0.25, -0.2) is 0 Å². The van der Waals surface area contributed by atoms with E-state index in [9.17, 15) is 0 Å². The Balaban J connectivity index is 1.63. The third-order valence-corrected chi connectivity index (χ3v) is 4.12. The second-order valence-electron chi connectivity index (χ2n) is 5.40. The molecule has 1 nitrogen and oxygen atoms in total. The summed E-state index contributed by atoms with van der Waals surface area (Å²) in [5.74, 6) is 3.89. The molecule has 0 heterocycles. The summed E-state index contributed by atoms with van der Waals surface area (Å²) in [6.07, 6.45) is 7.50. The van der Waals surface area contributed by atoms with Crippen molar-refractivity contribution in [2.45, 2.75) is 52.0 Å². The molecule has 0 saturated heterocycles. The third kappa shape index (κ3) is 2.46. The smallest absolute Gasteiger partial charge is 0.00388 e. The molecule has 2 fully saturated rings. The fourth-order valence-electron chi connectivity index (χ4n) is 2.49. The maximum absolute atomic E-state index is 5.91. The van der Waals surface area contributed by atoms with Gasteiger partial charge in [0, 0.05) is 6.04 Å². The normalized spacial score (nSPS) is 37.2. The maximum atomic E-state index is 5.91. The van der Waals surface area contributed by atoms with E-state index in [2.05, 4.69) is 13.8 Å². The molecule has 0 bridgehead atoms. The molecule has 2 N–H and O–H groups in total. The van der Waals surface area contributed by atoms with E-state index in [1.807, 2.05) is 0 Å². The molecule has 0 spiro atoms. The van der Waals surface area contributed by atoms with Gasteiger partial charge in [0.05, 0.1) is 0 Å². The lowest BCUT2D eigenvalue weighted by molar-refractivity contribution is 0.396. The number of rotatable bonds is 5. The molecular weight excluding hydrogens is 158 g/mol. The lowest BCUT2D eigenvalue weighted by atomic mass is 9.96. The molecule has 13 heavy (non-hydrogen) atoms. The van der Waals surface area contributed by atoms with Crippen molar-refractivity contribution in [1.82, 2.24) is 0 Å². The van der Waals surface area contributed by atoms with Gasteiger partial charge >= 0.3 is 0 Å². The van der Waals surface area contributed by atoms with Crippen LogP contribution in [0.2, 0.25) is 0 Å². The maximum Gasteiger partial charge on any atom is 0.00388 e. The summed E-state index contributed by atoms with van der Waals surface area (Å²) in [7, 11) is 0. The lowest BCUT2D eigenvalue weighted by Gasteiger charge is -2.14. The number of nitrogens with two attached hydrogens (primary N) is 1. The van der Waals surface area contributed by atoms with E-state index < -0.39 is 0 Å². The summed E-state index contributed by atoms with van der Waals surface area (Å²) in [5.41, 5.74) is 5.91. The third-order valence-electron chi connectivity index (χ3n) is 4.12. The summed E-state index contributed by atoms with van der Waals surface area (Å²) >= 11 is 0. The Morgan fingerprint density at radius 1 is 1.23 bits per heavy atom. The van der Waals surface area contributed by atoms with Gasteiger partial charge in [-0.15, -0.1) is 0 Å². The molecule has 76 valence electrons. The molecule has 0 aromatic heterocycles. The summed E-state index contributed by atoms with van der Waals surface area (Å²) in [4.78, 5) is 0. The van der Waals surface area contributed by atoms with E-state index in [4.69, 9.17) is 5.73 Å². The Morgan fingerprint density at radius 2 is 1.92 bits per heavy atom. The van der Waals surface area contributed by atoms with Gasteiger partial charge in [0.2, 0.25) is 0 Å².